The lowest BCUT2D eigenvalue weighted by Gasteiger charge is -2.49. The minimum absolute atomic E-state index is 0.0670. The molecule has 0 bridgehead atoms. The van der Waals surface area contributed by atoms with Crippen LogP contribution in [0.1, 0.15) is 41.6 Å². The molecule has 1 aliphatic carbocycles. The Hall–Kier alpha value is -2.52. The second kappa shape index (κ2) is 9.50. The van der Waals surface area contributed by atoms with Gasteiger partial charge < -0.3 is 10.4 Å². The topological polar surface area (TPSA) is 130 Å². The van der Waals surface area contributed by atoms with Crippen LogP contribution in [-0.2, 0) is 20.9 Å². The maximum Gasteiger partial charge on any atom is 0.352 e. The van der Waals surface area contributed by atoms with Gasteiger partial charge in [-0.3, -0.25) is 19.2 Å². The van der Waals surface area contributed by atoms with Gasteiger partial charge in [-0.25, -0.2) is 13.6 Å². The number of nitrogens with zero attached hydrogens (tertiary/aromatic N) is 5. The number of nitrogens with one attached hydrogen (secondary N) is 1. The molecule has 5 rings (SSSR count). The number of aromatic nitrogens is 4. The number of aliphatic carboxylic acids is 1. The van der Waals surface area contributed by atoms with Crippen LogP contribution in [0, 0.1) is 6.92 Å². The molecular formula is C20H20F2N6O4S3. The van der Waals surface area contributed by atoms with Gasteiger partial charge >= 0.3 is 5.97 Å². The molecule has 2 atom stereocenters. The molecule has 0 radical (unpaired) electrons. The Kier molecular flexibility index (Phi) is 6.57. The highest BCUT2D eigenvalue weighted by atomic mass is 32.2. The molecule has 0 spiro atoms. The second-order valence-corrected chi connectivity index (χ2v) is 11.8. The summed E-state index contributed by atoms with van der Waals surface area (Å²) in [6, 6.07) is 0.437. The molecule has 1 saturated carbocycles. The number of carboxylic acids is 1. The zero-order valence-corrected chi connectivity index (χ0v) is 20.8. The molecule has 2 aromatic rings. The summed E-state index contributed by atoms with van der Waals surface area (Å²) in [5.74, 6) is -1.41. The van der Waals surface area contributed by atoms with E-state index < -0.39 is 35.6 Å². The van der Waals surface area contributed by atoms with Gasteiger partial charge in [0, 0.05) is 23.1 Å². The largest absolute Gasteiger partial charge is 0.477 e. The van der Waals surface area contributed by atoms with E-state index >= 15 is 0 Å². The molecule has 186 valence electrons. The molecule has 4 heterocycles. The number of hydrogen-bond donors (Lipinski definition) is 2. The number of thioether (sulfide) groups is 2. The number of carboxylic acid groups (broad SMARTS) is 1. The van der Waals surface area contributed by atoms with E-state index in [4.69, 9.17) is 0 Å². The smallest absolute Gasteiger partial charge is 0.352 e. The number of carbonyl (C=O) groups excluding carboxylic acids is 2. The average molecular weight is 543 g/mol. The number of halogens is 2. The highest BCUT2D eigenvalue weighted by Gasteiger charge is 2.54. The Morgan fingerprint density at radius 2 is 2.11 bits per heavy atom. The van der Waals surface area contributed by atoms with Gasteiger partial charge in [0.05, 0.1) is 0 Å². The van der Waals surface area contributed by atoms with Crippen molar-refractivity contribution in [2.24, 2.45) is 0 Å². The SMILES string of the molecule is Cc1nnc(SCC2=C(C(=O)O)N3C(=O)[C@H](NC(=O)Cn4nc(C(F)F)cc4C4CC4)[C@@H]3SC2)s1. The first-order valence-electron chi connectivity index (χ1n) is 10.7. The van der Waals surface area contributed by atoms with Crippen molar-refractivity contribution in [3.8, 4) is 0 Å². The third kappa shape index (κ3) is 4.80. The summed E-state index contributed by atoms with van der Waals surface area (Å²) >= 11 is 4.14. The monoisotopic (exact) mass is 542 g/mol. The molecule has 0 aromatic carbocycles. The molecule has 35 heavy (non-hydrogen) atoms. The maximum absolute atomic E-state index is 13.1. The first-order valence-corrected chi connectivity index (χ1v) is 13.6. The standard InChI is InChI=1S/C20H20F2N6O4S3/c1-8-24-25-20(35-8)34-7-10-6-33-18-14(17(30)28(18)15(10)19(31)32)23-13(29)5-27-12(9-2-3-9)4-11(26-27)16(21)22/h4,9,14,16,18H,2-3,5-7H2,1H3,(H,23,29)(H,31,32)/t14-,18-/m0/s1. The van der Waals surface area contributed by atoms with Gasteiger partial charge in [-0.2, -0.15) is 5.10 Å². The number of β-lactam (4-membered cyclic amide) rings is 1. The minimum Gasteiger partial charge on any atom is -0.477 e. The highest BCUT2D eigenvalue weighted by Crippen LogP contribution is 2.42. The molecule has 3 aliphatic rings. The molecule has 2 aromatic heterocycles. The van der Waals surface area contributed by atoms with Crippen LogP contribution in [0.5, 0.6) is 0 Å². The van der Waals surface area contributed by atoms with Crippen LogP contribution in [0.2, 0.25) is 0 Å². The van der Waals surface area contributed by atoms with E-state index in [0.717, 1.165) is 17.8 Å². The normalized spacial score (nSPS) is 21.8. The van der Waals surface area contributed by atoms with Crippen LogP contribution in [0.4, 0.5) is 8.78 Å². The number of aryl methyl sites for hydroxylation is 1. The van der Waals surface area contributed by atoms with E-state index in [2.05, 4.69) is 20.6 Å². The van der Waals surface area contributed by atoms with Gasteiger partial charge in [-0.15, -0.1) is 22.0 Å². The fraction of sp³-hybridized carbons (Fsp3) is 0.500. The van der Waals surface area contributed by atoms with Gasteiger partial charge in [0.2, 0.25) is 5.91 Å². The zero-order chi connectivity index (χ0) is 24.9. The molecule has 2 N–H and O–H groups in total. The van der Waals surface area contributed by atoms with Gasteiger partial charge in [-0.1, -0.05) is 23.1 Å². The first kappa shape index (κ1) is 24.2. The van der Waals surface area contributed by atoms with Crippen molar-refractivity contribution in [1.29, 1.82) is 0 Å². The van der Waals surface area contributed by atoms with E-state index in [0.29, 0.717) is 27.1 Å². The number of hydrogen-bond acceptors (Lipinski definition) is 9. The molecular weight excluding hydrogens is 522 g/mol. The third-order valence-corrected chi connectivity index (χ3v) is 9.18. The molecule has 10 nitrogen and oxygen atoms in total. The van der Waals surface area contributed by atoms with Crippen molar-refractivity contribution in [1.82, 2.24) is 30.2 Å². The number of rotatable bonds is 9. The summed E-state index contributed by atoms with van der Waals surface area (Å²) in [7, 11) is 0. The van der Waals surface area contributed by atoms with Gasteiger partial charge in [0.1, 0.15) is 34.4 Å². The predicted molar refractivity (Wildman–Crippen MR) is 124 cm³/mol. The van der Waals surface area contributed by atoms with Gasteiger partial charge in [0.15, 0.2) is 4.34 Å². The highest BCUT2D eigenvalue weighted by molar-refractivity contribution is 8.01. The quantitative estimate of drug-likeness (QED) is 0.362. The zero-order valence-electron chi connectivity index (χ0n) is 18.3. The molecule has 2 amide bonds. The molecule has 15 heteroatoms. The van der Waals surface area contributed by atoms with E-state index in [9.17, 15) is 28.3 Å². The lowest BCUT2D eigenvalue weighted by Crippen LogP contribution is -2.70. The lowest BCUT2D eigenvalue weighted by atomic mass is 10.0. The summed E-state index contributed by atoms with van der Waals surface area (Å²) < 4.78 is 28.2. The molecule has 0 unspecified atom stereocenters. The van der Waals surface area contributed by atoms with Crippen molar-refractivity contribution < 1.29 is 28.3 Å². The van der Waals surface area contributed by atoms with E-state index in [1.54, 1.807) is 0 Å². The lowest BCUT2D eigenvalue weighted by molar-refractivity contribution is -0.150. The summed E-state index contributed by atoms with van der Waals surface area (Å²) in [6.07, 6.45) is -1.02. The van der Waals surface area contributed by atoms with Crippen LogP contribution in [0.25, 0.3) is 0 Å². The Balaban J connectivity index is 1.25. The summed E-state index contributed by atoms with van der Waals surface area (Å²) in [5, 5.41) is 24.5. The third-order valence-electron chi connectivity index (χ3n) is 5.79. The fourth-order valence-corrected chi connectivity index (χ4v) is 7.33. The van der Waals surface area contributed by atoms with E-state index in [1.807, 2.05) is 6.92 Å². The van der Waals surface area contributed by atoms with Gasteiger partial charge in [0.25, 0.3) is 12.3 Å². The molecule has 2 aliphatic heterocycles. The first-order chi connectivity index (χ1) is 16.7. The van der Waals surface area contributed by atoms with Crippen molar-refractivity contribution in [3.05, 3.63) is 33.7 Å². The number of amides is 2. The summed E-state index contributed by atoms with van der Waals surface area (Å²) in [5.41, 5.74) is 0.745. The average Bonchev–Trinajstić information content (AvgIpc) is 3.44. The Morgan fingerprint density at radius 1 is 1.34 bits per heavy atom. The summed E-state index contributed by atoms with van der Waals surface area (Å²) in [4.78, 5) is 38.7. The van der Waals surface area contributed by atoms with Crippen molar-refractivity contribution in [2.75, 3.05) is 11.5 Å². The fourth-order valence-electron chi connectivity index (χ4n) is 4.03. The van der Waals surface area contributed by atoms with Crippen LogP contribution < -0.4 is 5.32 Å². The predicted octanol–water partition coefficient (Wildman–Crippen LogP) is 2.39. The van der Waals surface area contributed by atoms with E-state index in [1.165, 1.54) is 50.5 Å². The molecule has 2 fully saturated rings. The maximum atomic E-state index is 13.1. The Labute approximate surface area is 210 Å². The number of alkyl halides is 2. The number of carbonyl (C=O) groups is 3. The van der Waals surface area contributed by atoms with Crippen LogP contribution in [0.15, 0.2) is 21.7 Å². The van der Waals surface area contributed by atoms with Crippen molar-refractivity contribution in [2.45, 2.75) is 54.4 Å². The van der Waals surface area contributed by atoms with Crippen LogP contribution in [0.3, 0.4) is 0 Å². The second-order valence-electron chi connectivity index (χ2n) is 8.31. The van der Waals surface area contributed by atoms with Crippen molar-refractivity contribution in [3.63, 3.8) is 0 Å². The summed E-state index contributed by atoms with van der Waals surface area (Å²) in [6.45, 7) is 1.54. The minimum atomic E-state index is -2.73. The number of fused-ring (bicyclic) bond motifs is 1. The van der Waals surface area contributed by atoms with Crippen molar-refractivity contribution >= 4 is 52.6 Å². The Morgan fingerprint density at radius 3 is 2.74 bits per heavy atom. The van der Waals surface area contributed by atoms with Crippen LogP contribution >= 0.6 is 34.9 Å². The van der Waals surface area contributed by atoms with Crippen LogP contribution in [-0.4, -0.2) is 70.7 Å². The molecule has 1 saturated heterocycles. The van der Waals surface area contributed by atoms with Gasteiger partial charge in [-0.05, 0) is 31.4 Å². The Bertz CT molecular complexity index is 1230. The van der Waals surface area contributed by atoms with E-state index in [-0.39, 0.29) is 23.9 Å².